The van der Waals surface area contributed by atoms with Crippen molar-refractivity contribution in [3.63, 3.8) is 0 Å². The first-order valence-corrected chi connectivity index (χ1v) is 3.08. The van der Waals surface area contributed by atoms with Gasteiger partial charge in [-0.3, -0.25) is 9.59 Å². The number of rotatable bonds is 4. The average Bonchev–Trinajstić information content (AvgIpc) is 1.87. The van der Waals surface area contributed by atoms with Gasteiger partial charge in [-0.2, -0.15) is 0 Å². The number of nitrogens with two attached hydrogens (primary N) is 1. The van der Waals surface area contributed by atoms with Crippen LogP contribution in [0.2, 0.25) is 0 Å². The van der Waals surface area contributed by atoms with Gasteiger partial charge in [-0.1, -0.05) is 6.92 Å². The second kappa shape index (κ2) is 4.00. The summed E-state index contributed by atoms with van der Waals surface area (Å²) in [5.74, 6) is -1.24. The predicted octanol–water partition coefficient (Wildman–Crippen LogP) is -0.232. The Morgan fingerprint density at radius 3 is 2.40 bits per heavy atom. The predicted molar refractivity (Wildman–Crippen MR) is 35.5 cm³/mol. The summed E-state index contributed by atoms with van der Waals surface area (Å²) in [5, 5.41) is 8.25. The maximum Gasteiger partial charge on any atom is 0.320 e. The second-order valence-electron chi connectivity index (χ2n) is 2.04. The monoisotopic (exact) mass is 145 g/mol. The zero-order valence-electron chi connectivity index (χ0n) is 5.83. The van der Waals surface area contributed by atoms with E-state index in [2.05, 4.69) is 0 Å². The molecule has 3 N–H and O–H groups in total. The third kappa shape index (κ3) is 3.19. The molecule has 0 amide bonds. The number of Topliss-reactive ketones (excluding diaryl/α,β-unsaturated/α-hetero) is 1. The summed E-state index contributed by atoms with van der Waals surface area (Å²) in [6.45, 7) is 1.68. The molecule has 58 valence electrons. The van der Waals surface area contributed by atoms with E-state index < -0.39 is 12.0 Å². The number of aliphatic carboxylic acids is 1. The molecule has 0 bridgehead atoms. The van der Waals surface area contributed by atoms with Crippen LogP contribution in [0.1, 0.15) is 19.8 Å². The maximum atomic E-state index is 10.6. The Hall–Kier alpha value is -0.900. The molecule has 0 aromatic rings. The van der Waals surface area contributed by atoms with E-state index >= 15 is 0 Å². The Labute approximate surface area is 59.0 Å². The Bertz CT molecular complexity index is 144. The number of hydrogen-bond acceptors (Lipinski definition) is 3. The molecule has 0 unspecified atom stereocenters. The van der Waals surface area contributed by atoms with E-state index in [1.807, 2.05) is 0 Å². The Balaban J connectivity index is 3.68. The van der Waals surface area contributed by atoms with Crippen LogP contribution in [-0.2, 0) is 9.59 Å². The minimum absolute atomic E-state index is 0.0637. The van der Waals surface area contributed by atoms with Crippen molar-refractivity contribution < 1.29 is 14.7 Å². The van der Waals surface area contributed by atoms with Crippen LogP contribution in [0.25, 0.3) is 0 Å². The average molecular weight is 145 g/mol. The molecule has 4 nitrogen and oxygen atoms in total. The van der Waals surface area contributed by atoms with E-state index in [1.165, 1.54) is 0 Å². The summed E-state index contributed by atoms with van der Waals surface area (Å²) in [5.41, 5.74) is 5.07. The van der Waals surface area contributed by atoms with Crippen LogP contribution in [0, 0.1) is 0 Å². The van der Waals surface area contributed by atoms with E-state index in [0.29, 0.717) is 6.42 Å². The molecule has 0 aromatic heterocycles. The van der Waals surface area contributed by atoms with Crippen molar-refractivity contribution >= 4 is 11.8 Å². The minimum atomic E-state index is -1.12. The van der Waals surface area contributed by atoms with Gasteiger partial charge in [0.15, 0.2) is 0 Å². The van der Waals surface area contributed by atoms with E-state index in [1.54, 1.807) is 6.92 Å². The fourth-order valence-electron chi connectivity index (χ4n) is 0.477. The highest BCUT2D eigenvalue weighted by Gasteiger charge is 2.14. The normalized spacial score (nSPS) is 12.6. The van der Waals surface area contributed by atoms with E-state index in [4.69, 9.17) is 10.8 Å². The summed E-state index contributed by atoms with van der Waals surface area (Å²) in [6.07, 6.45) is 0.285. The van der Waals surface area contributed by atoms with Crippen molar-refractivity contribution in [3.05, 3.63) is 0 Å². The zero-order valence-corrected chi connectivity index (χ0v) is 5.83. The van der Waals surface area contributed by atoms with Crippen molar-refractivity contribution in [3.8, 4) is 0 Å². The molecule has 0 aliphatic heterocycles. The van der Waals surface area contributed by atoms with Crippen molar-refractivity contribution in [2.75, 3.05) is 0 Å². The molecule has 0 rings (SSSR count). The molecule has 10 heavy (non-hydrogen) atoms. The van der Waals surface area contributed by atoms with Crippen LogP contribution in [0.5, 0.6) is 0 Å². The van der Waals surface area contributed by atoms with Gasteiger partial charge in [0.1, 0.15) is 11.8 Å². The molecular weight excluding hydrogens is 134 g/mol. The van der Waals surface area contributed by atoms with Crippen LogP contribution in [-0.4, -0.2) is 22.9 Å². The first-order chi connectivity index (χ1) is 4.57. The summed E-state index contributed by atoms with van der Waals surface area (Å²) >= 11 is 0. The van der Waals surface area contributed by atoms with Crippen LogP contribution in [0.3, 0.4) is 0 Å². The van der Waals surface area contributed by atoms with Crippen LogP contribution >= 0.6 is 0 Å². The molecule has 0 fully saturated rings. The van der Waals surface area contributed by atoms with Crippen LogP contribution in [0.15, 0.2) is 0 Å². The van der Waals surface area contributed by atoms with Gasteiger partial charge in [0, 0.05) is 12.8 Å². The molecule has 0 saturated carbocycles. The summed E-state index contributed by atoms with van der Waals surface area (Å²) in [4.78, 5) is 20.7. The number of carboxylic acid groups (broad SMARTS) is 1. The molecule has 0 aliphatic rings. The molecule has 0 spiro atoms. The SMILES string of the molecule is CCC(=O)C[C@H](N)C(=O)O. The van der Waals surface area contributed by atoms with Gasteiger partial charge < -0.3 is 10.8 Å². The fraction of sp³-hybridized carbons (Fsp3) is 0.667. The minimum Gasteiger partial charge on any atom is -0.480 e. The number of carboxylic acids is 1. The lowest BCUT2D eigenvalue weighted by Gasteiger charge is -2.02. The first kappa shape index (κ1) is 9.10. The van der Waals surface area contributed by atoms with Crippen molar-refractivity contribution in [2.24, 2.45) is 5.73 Å². The highest BCUT2D eigenvalue weighted by atomic mass is 16.4. The van der Waals surface area contributed by atoms with Crippen molar-refractivity contribution in [1.29, 1.82) is 0 Å². The lowest BCUT2D eigenvalue weighted by Crippen LogP contribution is -2.32. The van der Waals surface area contributed by atoms with Crippen molar-refractivity contribution in [1.82, 2.24) is 0 Å². The van der Waals surface area contributed by atoms with Gasteiger partial charge in [0.25, 0.3) is 0 Å². The topological polar surface area (TPSA) is 80.4 Å². The lowest BCUT2D eigenvalue weighted by molar-refractivity contribution is -0.140. The van der Waals surface area contributed by atoms with Crippen molar-refractivity contribution in [2.45, 2.75) is 25.8 Å². The van der Waals surface area contributed by atoms with Gasteiger partial charge in [0.05, 0.1) is 0 Å². The third-order valence-corrected chi connectivity index (χ3v) is 1.16. The second-order valence-corrected chi connectivity index (χ2v) is 2.04. The van der Waals surface area contributed by atoms with E-state index in [9.17, 15) is 9.59 Å². The van der Waals surface area contributed by atoms with Gasteiger partial charge in [0.2, 0.25) is 0 Å². The highest BCUT2D eigenvalue weighted by molar-refractivity contribution is 5.85. The van der Waals surface area contributed by atoms with Gasteiger partial charge in [-0.25, -0.2) is 0 Å². The summed E-state index contributed by atoms with van der Waals surface area (Å²) < 4.78 is 0. The fourth-order valence-corrected chi connectivity index (χ4v) is 0.477. The molecule has 1 atom stereocenters. The summed E-state index contributed by atoms with van der Waals surface area (Å²) in [6, 6.07) is -1.03. The quantitative estimate of drug-likeness (QED) is 0.572. The van der Waals surface area contributed by atoms with Gasteiger partial charge in [-0.05, 0) is 0 Å². The largest absolute Gasteiger partial charge is 0.480 e. The smallest absolute Gasteiger partial charge is 0.320 e. The molecule has 0 aromatic carbocycles. The first-order valence-electron chi connectivity index (χ1n) is 3.08. The Morgan fingerprint density at radius 1 is 1.60 bits per heavy atom. The number of carbonyl (C=O) groups is 2. The summed E-state index contributed by atoms with van der Waals surface area (Å²) in [7, 11) is 0. The molecule has 0 heterocycles. The van der Waals surface area contributed by atoms with E-state index in [-0.39, 0.29) is 12.2 Å². The highest BCUT2D eigenvalue weighted by Crippen LogP contribution is 1.92. The van der Waals surface area contributed by atoms with E-state index in [0.717, 1.165) is 0 Å². The number of carbonyl (C=O) groups excluding carboxylic acids is 1. The molecule has 0 saturated heterocycles. The molecule has 0 radical (unpaired) electrons. The number of ketones is 1. The molecular formula is C6H11NO3. The molecule has 0 aliphatic carbocycles. The van der Waals surface area contributed by atoms with Gasteiger partial charge in [-0.15, -0.1) is 0 Å². The lowest BCUT2D eigenvalue weighted by atomic mass is 10.1. The third-order valence-electron chi connectivity index (χ3n) is 1.16. The Kier molecular flexibility index (Phi) is 3.64. The molecule has 4 heteroatoms. The Morgan fingerprint density at radius 2 is 2.10 bits per heavy atom. The van der Waals surface area contributed by atoms with Gasteiger partial charge >= 0.3 is 5.97 Å². The number of hydrogen-bond donors (Lipinski definition) is 2. The maximum absolute atomic E-state index is 10.6. The zero-order chi connectivity index (χ0) is 8.15. The standard InChI is InChI=1S/C6H11NO3/c1-2-4(8)3-5(7)6(9)10/h5H,2-3,7H2,1H3,(H,9,10)/t5-/m0/s1. The van der Waals surface area contributed by atoms with Crippen LogP contribution < -0.4 is 5.73 Å². The van der Waals surface area contributed by atoms with Crippen LogP contribution in [0.4, 0.5) is 0 Å².